The fraction of sp³-hybridized carbons (Fsp3) is 0.500. The van der Waals surface area contributed by atoms with E-state index in [0.717, 1.165) is 5.69 Å². The molecule has 100 valence electrons. The number of anilines is 1. The Morgan fingerprint density at radius 1 is 1.33 bits per heavy atom. The molecule has 18 heavy (non-hydrogen) atoms. The molecule has 0 spiro atoms. The van der Waals surface area contributed by atoms with Gasteiger partial charge in [-0.1, -0.05) is 6.07 Å². The molecule has 1 aromatic carbocycles. The van der Waals surface area contributed by atoms with Gasteiger partial charge in [-0.05, 0) is 52.1 Å². The van der Waals surface area contributed by atoms with E-state index in [4.69, 9.17) is 0 Å². The van der Waals surface area contributed by atoms with Crippen molar-refractivity contribution in [1.29, 1.82) is 0 Å². The molecule has 0 saturated heterocycles. The van der Waals surface area contributed by atoms with Crippen LogP contribution in [-0.4, -0.2) is 23.7 Å². The van der Waals surface area contributed by atoms with Gasteiger partial charge in [0.2, 0.25) is 5.91 Å². The van der Waals surface area contributed by atoms with E-state index in [2.05, 4.69) is 16.7 Å². The summed E-state index contributed by atoms with van der Waals surface area (Å²) in [5.74, 6) is 0.0112. The number of amides is 1. The number of thioether (sulfide) groups is 1. The average molecular weight is 266 g/mol. The van der Waals surface area contributed by atoms with E-state index in [1.54, 1.807) is 11.8 Å². The second-order valence-corrected chi connectivity index (χ2v) is 6.22. The van der Waals surface area contributed by atoms with Gasteiger partial charge in [0, 0.05) is 16.1 Å². The van der Waals surface area contributed by atoms with E-state index in [9.17, 15) is 4.79 Å². The Morgan fingerprint density at radius 2 is 2.00 bits per heavy atom. The summed E-state index contributed by atoms with van der Waals surface area (Å²) in [4.78, 5) is 13.1. The maximum atomic E-state index is 11.9. The van der Waals surface area contributed by atoms with Gasteiger partial charge in [-0.25, -0.2) is 0 Å². The molecule has 0 aliphatic heterocycles. The van der Waals surface area contributed by atoms with Crippen LogP contribution in [0.15, 0.2) is 29.2 Å². The van der Waals surface area contributed by atoms with Gasteiger partial charge in [-0.15, -0.1) is 11.8 Å². The Kier molecular flexibility index (Phi) is 5.08. The highest BCUT2D eigenvalue weighted by molar-refractivity contribution is 7.98. The highest BCUT2D eigenvalue weighted by Gasteiger charge is 2.18. The summed E-state index contributed by atoms with van der Waals surface area (Å²) in [6.45, 7) is 7.80. The Bertz CT molecular complexity index is 413. The largest absolute Gasteiger partial charge is 0.374 e. The van der Waals surface area contributed by atoms with Gasteiger partial charge in [0.25, 0.3) is 0 Å². The third-order valence-electron chi connectivity index (χ3n) is 2.34. The molecular weight excluding hydrogens is 244 g/mol. The first-order chi connectivity index (χ1) is 8.31. The Hall–Kier alpha value is -1.16. The van der Waals surface area contributed by atoms with Crippen molar-refractivity contribution >= 4 is 23.4 Å². The molecule has 0 heterocycles. The quantitative estimate of drug-likeness (QED) is 0.823. The zero-order valence-electron chi connectivity index (χ0n) is 11.7. The number of hydrogen-bond donors (Lipinski definition) is 2. The van der Waals surface area contributed by atoms with Crippen molar-refractivity contribution in [3.63, 3.8) is 0 Å². The molecule has 0 aromatic heterocycles. The molecule has 1 atom stereocenters. The van der Waals surface area contributed by atoms with Gasteiger partial charge < -0.3 is 10.6 Å². The summed E-state index contributed by atoms with van der Waals surface area (Å²) in [7, 11) is 0. The Labute approximate surface area is 114 Å². The maximum absolute atomic E-state index is 11.9. The van der Waals surface area contributed by atoms with E-state index in [-0.39, 0.29) is 17.5 Å². The van der Waals surface area contributed by atoms with Gasteiger partial charge >= 0.3 is 0 Å². The second-order valence-electron chi connectivity index (χ2n) is 5.34. The Balaban J connectivity index is 2.63. The van der Waals surface area contributed by atoms with Crippen LogP contribution in [0.3, 0.4) is 0 Å². The summed E-state index contributed by atoms with van der Waals surface area (Å²) in [6, 6.07) is 7.81. The van der Waals surface area contributed by atoms with E-state index in [0.29, 0.717) is 0 Å². The lowest BCUT2D eigenvalue weighted by Crippen LogP contribution is -2.47. The molecule has 0 radical (unpaired) electrons. The molecule has 0 bridgehead atoms. The van der Waals surface area contributed by atoms with Crippen molar-refractivity contribution in [2.75, 3.05) is 11.6 Å². The predicted octanol–water partition coefficient (Wildman–Crippen LogP) is 3.12. The van der Waals surface area contributed by atoms with Crippen LogP contribution >= 0.6 is 11.8 Å². The minimum Gasteiger partial charge on any atom is -0.374 e. The lowest BCUT2D eigenvalue weighted by Gasteiger charge is -2.24. The lowest BCUT2D eigenvalue weighted by atomic mass is 10.1. The molecule has 2 N–H and O–H groups in total. The molecule has 4 heteroatoms. The van der Waals surface area contributed by atoms with Crippen LogP contribution in [0.25, 0.3) is 0 Å². The van der Waals surface area contributed by atoms with Crippen LogP contribution in [0.1, 0.15) is 27.7 Å². The number of nitrogens with one attached hydrogen (secondary N) is 2. The van der Waals surface area contributed by atoms with Crippen molar-refractivity contribution in [2.24, 2.45) is 0 Å². The van der Waals surface area contributed by atoms with Crippen molar-refractivity contribution < 1.29 is 4.79 Å². The summed E-state index contributed by atoms with van der Waals surface area (Å²) < 4.78 is 0. The van der Waals surface area contributed by atoms with E-state index < -0.39 is 0 Å². The van der Waals surface area contributed by atoms with Crippen molar-refractivity contribution in [3.8, 4) is 0 Å². The number of benzene rings is 1. The topological polar surface area (TPSA) is 41.1 Å². The smallest absolute Gasteiger partial charge is 0.242 e. The summed E-state index contributed by atoms with van der Waals surface area (Å²) in [5, 5.41) is 6.17. The van der Waals surface area contributed by atoms with Gasteiger partial charge in [0.1, 0.15) is 6.04 Å². The molecule has 0 aliphatic carbocycles. The highest BCUT2D eigenvalue weighted by atomic mass is 32.2. The summed E-state index contributed by atoms with van der Waals surface area (Å²) in [5.41, 5.74) is 0.770. The van der Waals surface area contributed by atoms with E-state index in [1.165, 1.54) is 4.90 Å². The van der Waals surface area contributed by atoms with Crippen molar-refractivity contribution in [3.05, 3.63) is 24.3 Å². The normalized spacial score (nSPS) is 12.9. The molecule has 0 fully saturated rings. The van der Waals surface area contributed by atoms with Gasteiger partial charge in [0.15, 0.2) is 0 Å². The first-order valence-electron chi connectivity index (χ1n) is 6.04. The molecule has 3 nitrogen and oxygen atoms in total. The van der Waals surface area contributed by atoms with Gasteiger partial charge in [-0.2, -0.15) is 0 Å². The molecule has 0 saturated carbocycles. The minimum absolute atomic E-state index is 0.0112. The third kappa shape index (κ3) is 5.00. The third-order valence-corrected chi connectivity index (χ3v) is 3.07. The molecule has 1 rings (SSSR count). The van der Waals surface area contributed by atoms with E-state index in [1.807, 2.05) is 52.1 Å². The fourth-order valence-corrected chi connectivity index (χ4v) is 1.97. The van der Waals surface area contributed by atoms with E-state index >= 15 is 0 Å². The zero-order valence-corrected chi connectivity index (χ0v) is 12.5. The van der Waals surface area contributed by atoms with Crippen LogP contribution < -0.4 is 10.6 Å². The van der Waals surface area contributed by atoms with Crippen LogP contribution in [-0.2, 0) is 4.79 Å². The minimum atomic E-state index is -0.249. The molecule has 1 amide bonds. The predicted molar refractivity (Wildman–Crippen MR) is 79.2 cm³/mol. The molecular formula is C14H22N2OS. The van der Waals surface area contributed by atoms with Crippen LogP contribution in [0.4, 0.5) is 5.69 Å². The monoisotopic (exact) mass is 266 g/mol. The zero-order chi connectivity index (χ0) is 13.8. The number of carbonyl (C=O) groups excluding carboxylic acids is 1. The fourth-order valence-electron chi connectivity index (χ4n) is 1.51. The van der Waals surface area contributed by atoms with Crippen molar-refractivity contribution in [2.45, 2.75) is 44.2 Å². The van der Waals surface area contributed by atoms with Crippen LogP contribution in [0, 0.1) is 0 Å². The second kappa shape index (κ2) is 6.14. The first kappa shape index (κ1) is 14.9. The van der Waals surface area contributed by atoms with Gasteiger partial charge in [-0.3, -0.25) is 4.79 Å². The number of rotatable bonds is 4. The number of hydrogen-bond acceptors (Lipinski definition) is 3. The van der Waals surface area contributed by atoms with Gasteiger partial charge in [0.05, 0.1) is 0 Å². The average Bonchev–Trinajstić information content (AvgIpc) is 2.27. The van der Waals surface area contributed by atoms with Crippen LogP contribution in [0.5, 0.6) is 0 Å². The standard InChI is InChI=1S/C14H22N2OS/c1-10(13(17)16-14(2,3)4)15-11-7-6-8-12(9-11)18-5/h6-10,15H,1-5H3,(H,16,17). The lowest BCUT2D eigenvalue weighted by molar-refractivity contribution is -0.122. The van der Waals surface area contributed by atoms with Crippen LogP contribution in [0.2, 0.25) is 0 Å². The summed E-state index contributed by atoms with van der Waals surface area (Å²) >= 11 is 1.69. The Morgan fingerprint density at radius 3 is 2.56 bits per heavy atom. The van der Waals surface area contributed by atoms with Crippen molar-refractivity contribution in [1.82, 2.24) is 5.32 Å². The highest BCUT2D eigenvalue weighted by Crippen LogP contribution is 2.19. The SMILES string of the molecule is CSc1cccc(NC(C)C(=O)NC(C)(C)C)c1. The maximum Gasteiger partial charge on any atom is 0.242 e. The molecule has 0 aliphatic rings. The molecule has 1 unspecified atom stereocenters. The first-order valence-corrected chi connectivity index (χ1v) is 7.27. The molecule has 1 aromatic rings. The summed E-state index contributed by atoms with van der Waals surface area (Å²) in [6.07, 6.45) is 2.04. The number of carbonyl (C=O) groups is 1.